The molecule has 5 amide bonds. The van der Waals surface area contributed by atoms with E-state index in [1.54, 1.807) is 55.3 Å². The monoisotopic (exact) mass is 1040 g/mol. The van der Waals surface area contributed by atoms with Gasteiger partial charge in [0.15, 0.2) is 11.0 Å². The van der Waals surface area contributed by atoms with Gasteiger partial charge in [-0.1, -0.05) is 18.2 Å². The van der Waals surface area contributed by atoms with Crippen LogP contribution >= 0.6 is 0 Å². The van der Waals surface area contributed by atoms with Gasteiger partial charge in [-0.05, 0) is 93.3 Å². The molecule has 4 N–H and O–H groups in total. The number of pyridine rings is 1. The first-order valence-electron chi connectivity index (χ1n) is 24.3. The van der Waals surface area contributed by atoms with Crippen molar-refractivity contribution in [2.24, 2.45) is 13.0 Å². The Balaban J connectivity index is 0.756. The van der Waals surface area contributed by atoms with E-state index >= 15 is 4.39 Å². The number of amides is 5. The SMILES string of the molecule is CC(Oc1cc(-c2nn(C)c3c(-c4cnn(C5CCN(C(=O)CCC6CCN(c7cc8c(cc7F)C(=O)N(C7CCC(=O)NC7=O)C8=O)CC6)CC5)c4)cnc(N)c23)ccc1NS(=O)C(F)F)c1ccc(F)cc1. The summed E-state index contributed by atoms with van der Waals surface area (Å²) >= 11 is 0. The first kappa shape index (κ1) is 49.9. The number of carbonyl (C=O) groups is 5. The van der Waals surface area contributed by atoms with Gasteiger partial charge in [0, 0.05) is 75.2 Å². The summed E-state index contributed by atoms with van der Waals surface area (Å²) in [5, 5.41) is 12.2. The van der Waals surface area contributed by atoms with Gasteiger partial charge in [-0.2, -0.15) is 19.0 Å². The number of nitrogens with one attached hydrogen (secondary N) is 2. The summed E-state index contributed by atoms with van der Waals surface area (Å²) in [6.45, 7) is 3.80. The Morgan fingerprint density at radius 1 is 0.905 bits per heavy atom. The van der Waals surface area contributed by atoms with Crippen LogP contribution in [0.3, 0.4) is 0 Å². The molecule has 74 heavy (non-hydrogen) atoms. The number of piperidine rings is 3. The predicted molar refractivity (Wildman–Crippen MR) is 265 cm³/mol. The number of nitrogens with zero attached hydrogens (tertiary/aromatic N) is 8. The van der Waals surface area contributed by atoms with Crippen LogP contribution in [0.5, 0.6) is 5.75 Å². The normalized spacial score (nSPS) is 18.6. The van der Waals surface area contributed by atoms with Gasteiger partial charge in [-0.15, -0.1) is 0 Å². The number of alkyl halides is 2. The molecule has 3 aromatic heterocycles. The molecule has 0 bridgehead atoms. The number of imide groups is 2. The molecule has 3 atom stereocenters. The van der Waals surface area contributed by atoms with Gasteiger partial charge in [0.2, 0.25) is 17.7 Å². The number of ether oxygens (including phenoxy) is 1. The lowest BCUT2D eigenvalue weighted by Gasteiger charge is -2.35. The molecule has 0 saturated carbocycles. The summed E-state index contributed by atoms with van der Waals surface area (Å²) in [6.07, 6.45) is 8.47. The van der Waals surface area contributed by atoms with Crippen molar-refractivity contribution >= 4 is 68.6 Å². The summed E-state index contributed by atoms with van der Waals surface area (Å²) in [7, 11) is -0.969. The number of rotatable bonds is 14. The maximum Gasteiger partial charge on any atom is 0.330 e. The fourth-order valence-electron chi connectivity index (χ4n) is 10.5. The highest BCUT2D eigenvalue weighted by molar-refractivity contribution is 7.86. The molecule has 23 heteroatoms. The second kappa shape index (κ2) is 20.3. The first-order valence-corrected chi connectivity index (χ1v) is 25.5. The van der Waals surface area contributed by atoms with E-state index < -0.39 is 64.2 Å². The second-order valence-corrected chi connectivity index (χ2v) is 20.2. The highest BCUT2D eigenvalue weighted by Gasteiger charge is 2.45. The average molecular weight is 1040 g/mol. The van der Waals surface area contributed by atoms with E-state index in [9.17, 15) is 41.4 Å². The fraction of sp³-hybridized carbons (Fsp3) is 0.373. The largest absolute Gasteiger partial charge is 0.484 e. The molecule has 0 radical (unpaired) electrons. The third kappa shape index (κ3) is 9.66. The summed E-state index contributed by atoms with van der Waals surface area (Å²) in [5.74, 6) is -6.33. The summed E-state index contributed by atoms with van der Waals surface area (Å²) < 4.78 is 80.3. The summed E-state index contributed by atoms with van der Waals surface area (Å²) in [4.78, 5) is 73.2. The van der Waals surface area contributed by atoms with Gasteiger partial charge in [-0.3, -0.25) is 48.3 Å². The van der Waals surface area contributed by atoms with E-state index in [0.29, 0.717) is 98.0 Å². The van der Waals surface area contributed by atoms with Gasteiger partial charge >= 0.3 is 5.76 Å². The van der Waals surface area contributed by atoms with Gasteiger partial charge in [0.05, 0.1) is 45.6 Å². The Morgan fingerprint density at radius 3 is 2.32 bits per heavy atom. The van der Waals surface area contributed by atoms with E-state index in [2.05, 4.69) is 15.0 Å². The number of hydrogen-bond acceptors (Lipinski definition) is 12. The molecule has 7 heterocycles. The van der Waals surface area contributed by atoms with Crippen molar-refractivity contribution in [1.29, 1.82) is 0 Å². The van der Waals surface area contributed by atoms with Crippen molar-refractivity contribution in [3.05, 3.63) is 102 Å². The second-order valence-electron chi connectivity index (χ2n) is 19.0. The molecule has 3 aromatic carbocycles. The lowest BCUT2D eigenvalue weighted by atomic mass is 9.91. The number of anilines is 3. The molecule has 6 aromatic rings. The zero-order valence-corrected chi connectivity index (χ0v) is 41.0. The van der Waals surface area contributed by atoms with Crippen LogP contribution in [-0.2, 0) is 32.4 Å². The molecular weight excluding hydrogens is 987 g/mol. The van der Waals surface area contributed by atoms with E-state index in [1.807, 2.05) is 20.7 Å². The van der Waals surface area contributed by atoms with Crippen LogP contribution < -0.4 is 25.4 Å². The van der Waals surface area contributed by atoms with Crippen LogP contribution in [0.1, 0.15) is 96.7 Å². The third-order valence-corrected chi connectivity index (χ3v) is 15.2. The van der Waals surface area contributed by atoms with E-state index in [4.69, 9.17) is 20.7 Å². The van der Waals surface area contributed by atoms with Crippen molar-refractivity contribution in [2.75, 3.05) is 41.5 Å². The molecule has 3 saturated heterocycles. The van der Waals surface area contributed by atoms with Crippen molar-refractivity contribution in [3.8, 4) is 28.1 Å². The van der Waals surface area contributed by atoms with Crippen LogP contribution in [0.4, 0.5) is 34.8 Å². The van der Waals surface area contributed by atoms with Gasteiger partial charge in [0.1, 0.15) is 41.0 Å². The number of halogens is 4. The van der Waals surface area contributed by atoms with Crippen molar-refractivity contribution in [1.82, 2.24) is 39.7 Å². The molecule has 3 unspecified atom stereocenters. The minimum Gasteiger partial charge on any atom is -0.484 e. The molecule has 386 valence electrons. The quantitative estimate of drug-likeness (QED) is 0.0738. The Morgan fingerprint density at radius 2 is 1.62 bits per heavy atom. The number of likely N-dealkylation sites (tertiary alicyclic amines) is 1. The molecule has 3 fully saturated rings. The predicted octanol–water partition coefficient (Wildman–Crippen LogP) is 7.06. The minimum atomic E-state index is -3.17. The minimum absolute atomic E-state index is 0.00377. The maximum absolute atomic E-state index is 15.5. The topological polar surface area (TPSA) is 220 Å². The fourth-order valence-corrected chi connectivity index (χ4v) is 10.9. The van der Waals surface area contributed by atoms with E-state index in [0.717, 1.165) is 16.5 Å². The van der Waals surface area contributed by atoms with Crippen LogP contribution in [0, 0.1) is 17.6 Å². The van der Waals surface area contributed by atoms with Gasteiger partial charge in [-0.25, -0.2) is 18.0 Å². The maximum atomic E-state index is 15.5. The van der Waals surface area contributed by atoms with Crippen molar-refractivity contribution in [2.45, 2.75) is 82.2 Å². The van der Waals surface area contributed by atoms with Crippen LogP contribution in [-0.4, -0.2) is 106 Å². The molecule has 0 aliphatic carbocycles. The van der Waals surface area contributed by atoms with Crippen molar-refractivity contribution in [3.63, 3.8) is 0 Å². The highest BCUT2D eigenvalue weighted by atomic mass is 32.2. The number of nitrogen functional groups attached to an aromatic ring is 1. The van der Waals surface area contributed by atoms with Gasteiger partial charge in [0.25, 0.3) is 11.8 Å². The highest BCUT2D eigenvalue weighted by Crippen LogP contribution is 2.41. The lowest BCUT2D eigenvalue weighted by Crippen LogP contribution is -2.54. The number of fused-ring (bicyclic) bond motifs is 2. The van der Waals surface area contributed by atoms with Crippen LogP contribution in [0.25, 0.3) is 33.3 Å². The molecule has 4 aliphatic rings. The van der Waals surface area contributed by atoms with Crippen LogP contribution in [0.15, 0.2) is 73.2 Å². The van der Waals surface area contributed by atoms with Crippen LogP contribution in [0.2, 0.25) is 0 Å². The number of hydrogen-bond donors (Lipinski definition) is 3. The number of carbonyl (C=O) groups excluding carboxylic acids is 5. The summed E-state index contributed by atoms with van der Waals surface area (Å²) in [6, 6.07) is 11.6. The number of aromatic nitrogens is 5. The standard InChI is InChI=1S/C51H51F4N11O7S/c1-27(29-4-7-32(52)8-5-29)73-41-21-30(6-9-38(41)61-74(72)51(54)55)45-44-46(62(2)60-45)36(25-57-47(44)56)31-24-58-65(26-31)33-15-19-64(20-16-33)43(68)12-3-28-13-17-63(18-14-28)40-23-35-34(22-37(40)53)49(70)66(50(35)71)39-10-11-42(67)59-48(39)69/h4-9,21-28,33,39,51,61H,3,10-20H2,1-2H3,(H2,56,57)(H,59,67,69). The first-order chi connectivity index (χ1) is 35.5. The zero-order chi connectivity index (χ0) is 52.1. The zero-order valence-electron chi connectivity index (χ0n) is 40.2. The Hall–Kier alpha value is -7.69. The molecule has 0 spiro atoms. The molecule has 18 nitrogen and oxygen atoms in total. The van der Waals surface area contributed by atoms with Gasteiger partial charge < -0.3 is 20.3 Å². The summed E-state index contributed by atoms with van der Waals surface area (Å²) in [5.41, 5.74) is 10.4. The smallest absolute Gasteiger partial charge is 0.330 e. The number of aryl methyl sites for hydroxylation is 1. The Labute approximate surface area is 423 Å². The van der Waals surface area contributed by atoms with E-state index in [-0.39, 0.29) is 64.8 Å². The molecule has 10 rings (SSSR count). The van der Waals surface area contributed by atoms with E-state index in [1.165, 1.54) is 24.3 Å². The Kier molecular flexibility index (Phi) is 13.7. The molecular formula is C51H51F4N11O7S. The Bertz CT molecular complexity index is 3240. The molecule has 4 aliphatic heterocycles. The lowest BCUT2D eigenvalue weighted by molar-refractivity contribution is -0.136. The third-order valence-electron chi connectivity index (χ3n) is 14.5. The number of nitrogens with two attached hydrogens (primary N) is 1. The average Bonchev–Trinajstić information content (AvgIpc) is 4.08. The number of benzene rings is 3. The van der Waals surface area contributed by atoms with Crippen molar-refractivity contribution < 1.29 is 50.5 Å².